The van der Waals surface area contributed by atoms with Crippen LogP contribution in [0.5, 0.6) is 0 Å². The van der Waals surface area contributed by atoms with Crippen molar-refractivity contribution in [3.05, 3.63) is 199 Å². The molecular weight excluding hydrogens is 808 g/mol. The minimum atomic E-state index is -1.19. The third-order valence-corrected chi connectivity index (χ3v) is 24.9. The van der Waals surface area contributed by atoms with Gasteiger partial charge in [0.15, 0.2) is 11.0 Å². The highest BCUT2D eigenvalue weighted by Gasteiger charge is 2.47. The Balaban J connectivity index is 1.11. The molecule has 6 atom stereocenters. The molecule has 9 rings (SSSR count). The summed E-state index contributed by atoms with van der Waals surface area (Å²) in [6, 6.07) is 63.2. The van der Waals surface area contributed by atoms with Crippen LogP contribution in [0, 0.1) is 0 Å². The van der Waals surface area contributed by atoms with Crippen LogP contribution in [0.1, 0.15) is 86.3 Å². The van der Waals surface area contributed by atoms with Crippen molar-refractivity contribution in [3.8, 4) is 0 Å². The number of nitrogens with zero attached hydrogens (tertiary/aromatic N) is 2. The summed E-state index contributed by atoms with van der Waals surface area (Å²) < 4.78 is 19.3. The Bertz CT molecular complexity index is 2240. The van der Waals surface area contributed by atoms with Gasteiger partial charge in [0, 0.05) is 39.7 Å². The first kappa shape index (κ1) is 41.5. The van der Waals surface area contributed by atoms with Gasteiger partial charge in [-0.3, -0.25) is 4.44 Å². The van der Waals surface area contributed by atoms with E-state index in [4.69, 9.17) is 8.83 Å². The average molecular weight is 865 g/mol. The summed E-state index contributed by atoms with van der Waals surface area (Å²) in [5.74, 6) is 0.455. The Morgan fingerprint density at radius 2 is 1.15 bits per heavy atom. The topological polar surface area (TPSA) is 32.8 Å². The van der Waals surface area contributed by atoms with Gasteiger partial charge in [0.1, 0.15) is 8.07 Å². The number of unbranched alkanes of at least 4 members (excludes halogenated alkanes) is 1. The van der Waals surface area contributed by atoms with E-state index in [2.05, 4.69) is 199 Å². The van der Waals surface area contributed by atoms with Crippen molar-refractivity contribution < 1.29 is 8.83 Å². The molecule has 0 bridgehead atoms. The van der Waals surface area contributed by atoms with Crippen molar-refractivity contribution in [1.29, 1.82) is 0 Å². The molecular formula is C52H56N2O2P4. The van der Waals surface area contributed by atoms with Crippen LogP contribution < -0.4 is 26.1 Å². The van der Waals surface area contributed by atoms with Gasteiger partial charge in [0.2, 0.25) is 0 Å². The van der Waals surface area contributed by atoms with E-state index < -0.39 is 32.3 Å². The Labute approximate surface area is 362 Å². The predicted molar refractivity (Wildman–Crippen MR) is 261 cm³/mol. The van der Waals surface area contributed by atoms with Crippen LogP contribution >= 0.6 is 32.3 Å². The van der Waals surface area contributed by atoms with Crippen LogP contribution in [0.25, 0.3) is 0 Å². The molecule has 2 aliphatic rings. The lowest BCUT2D eigenvalue weighted by Crippen LogP contribution is -2.29. The maximum Gasteiger partial charge on any atom is 0.154 e. The van der Waals surface area contributed by atoms with Gasteiger partial charge in [0.05, 0.1) is 12.5 Å². The van der Waals surface area contributed by atoms with E-state index in [1.54, 1.807) is 0 Å². The van der Waals surface area contributed by atoms with Gasteiger partial charge < -0.3 is 13.3 Å². The minimum Gasteiger partial charge on any atom is -0.462 e. The second-order valence-corrected chi connectivity index (χ2v) is 25.4. The second kappa shape index (κ2) is 19.9. The monoisotopic (exact) mass is 864 g/mol. The lowest BCUT2D eigenvalue weighted by Gasteiger charge is -2.42. The van der Waals surface area contributed by atoms with Crippen LogP contribution in [0.2, 0.25) is 0 Å². The van der Waals surface area contributed by atoms with Gasteiger partial charge in [-0.25, -0.2) is 0 Å². The Morgan fingerprint density at radius 1 is 0.583 bits per heavy atom. The van der Waals surface area contributed by atoms with Crippen molar-refractivity contribution in [2.75, 3.05) is 17.1 Å². The molecule has 5 aromatic carbocycles. The number of benzene rings is 5. The molecule has 8 heteroatoms. The standard InChI is InChI=1S/C52H56N2O2P4/c1-3-5-36-53(58(45-28-17-9-18-29-45)46-30-19-10-20-31-46)57-38-35-47(48(57)4-2)43-39-52(56-40-43)60(51-32-21-37-55-51)54(44-26-15-8-16-27-44)59-49(41-22-11-6-12-23-41)33-34-50(59)42-24-13-7-14-25-42/h6-32,37,39-40,47-50H,3-5,33-36,38H2,1-2H3/t47?,48-,49+,50+,57?,60?/m1/s1. The largest absolute Gasteiger partial charge is 0.462 e. The molecule has 0 amide bonds. The summed E-state index contributed by atoms with van der Waals surface area (Å²) in [5.41, 5.74) is 8.90. The number of furan rings is 2. The van der Waals surface area contributed by atoms with Gasteiger partial charge in [-0.1, -0.05) is 160 Å². The number of rotatable bonds is 16. The van der Waals surface area contributed by atoms with E-state index in [1.165, 1.54) is 58.4 Å². The van der Waals surface area contributed by atoms with Crippen molar-refractivity contribution in [3.63, 3.8) is 0 Å². The zero-order chi connectivity index (χ0) is 40.7. The molecule has 0 radical (unpaired) electrons. The van der Waals surface area contributed by atoms with Crippen LogP contribution in [0.4, 0.5) is 5.69 Å². The zero-order valence-corrected chi connectivity index (χ0v) is 38.4. The second-order valence-electron chi connectivity index (χ2n) is 15.9. The molecule has 4 heterocycles. The minimum absolute atomic E-state index is 0.395. The first-order valence-electron chi connectivity index (χ1n) is 21.8. The fraction of sp³-hybridized carbons (Fsp3) is 0.269. The highest BCUT2D eigenvalue weighted by molar-refractivity contribution is 7.85. The molecule has 0 saturated carbocycles. The summed E-state index contributed by atoms with van der Waals surface area (Å²) in [6.07, 6.45) is 12.3. The van der Waals surface area contributed by atoms with Gasteiger partial charge in [-0.15, -0.1) is 0 Å². The molecule has 0 spiro atoms. The maximum atomic E-state index is 6.98. The fourth-order valence-corrected chi connectivity index (χ4v) is 23.8. The summed E-state index contributed by atoms with van der Waals surface area (Å²) in [6.45, 7) is 5.92. The molecule has 3 unspecified atom stereocenters. The van der Waals surface area contributed by atoms with Crippen LogP contribution in [0.15, 0.2) is 191 Å². The van der Waals surface area contributed by atoms with Crippen molar-refractivity contribution in [2.45, 2.75) is 75.3 Å². The number of hydrogen-bond acceptors (Lipinski definition) is 4. The molecule has 2 fully saturated rings. The SMILES string of the molecule is CCCCN(P(c1ccccc1)c1ccccc1)P1CCC(c2coc(P(c3ccco3)N(c3ccccc3)P3[C@H](c4ccccc4)CC[C@H]3c3ccccc3)c2)[C@H]1CC. The number of anilines is 1. The number of hydrogen-bond donors (Lipinski definition) is 0. The van der Waals surface area contributed by atoms with Gasteiger partial charge >= 0.3 is 0 Å². The molecule has 0 N–H and O–H groups in total. The van der Waals surface area contributed by atoms with Gasteiger partial charge in [-0.05, 0) is 116 Å². The lowest BCUT2D eigenvalue weighted by molar-refractivity contribution is 0.574. The van der Waals surface area contributed by atoms with Crippen molar-refractivity contribution in [2.24, 2.45) is 0 Å². The normalized spacial score (nSPS) is 21.2. The molecule has 7 aromatic rings. The quantitative estimate of drug-likeness (QED) is 0.0906. The average Bonchev–Trinajstić information content (AvgIpc) is 4.16. The fourth-order valence-electron chi connectivity index (χ4n) is 9.50. The molecule has 2 saturated heterocycles. The van der Waals surface area contributed by atoms with E-state index in [0.29, 0.717) is 22.9 Å². The molecule has 2 aliphatic heterocycles. The highest BCUT2D eigenvalue weighted by Crippen LogP contribution is 2.77. The molecule has 0 aliphatic carbocycles. The zero-order valence-electron chi connectivity index (χ0n) is 34.8. The van der Waals surface area contributed by atoms with Crippen molar-refractivity contribution in [1.82, 2.24) is 4.44 Å². The first-order valence-corrected chi connectivity index (χ1v) is 27.4. The third kappa shape index (κ3) is 8.76. The van der Waals surface area contributed by atoms with E-state index >= 15 is 0 Å². The molecule has 2 aromatic heterocycles. The van der Waals surface area contributed by atoms with Crippen LogP contribution in [-0.4, -0.2) is 22.8 Å². The van der Waals surface area contributed by atoms with Gasteiger partial charge in [0.25, 0.3) is 0 Å². The molecule has 306 valence electrons. The smallest absolute Gasteiger partial charge is 0.154 e. The van der Waals surface area contributed by atoms with Crippen LogP contribution in [-0.2, 0) is 0 Å². The van der Waals surface area contributed by atoms with Crippen molar-refractivity contribution >= 4 is 59.6 Å². The summed E-state index contributed by atoms with van der Waals surface area (Å²) in [7, 11) is -3.01. The lowest BCUT2D eigenvalue weighted by atomic mass is 9.94. The first-order chi connectivity index (χ1) is 29.7. The summed E-state index contributed by atoms with van der Waals surface area (Å²) in [5, 5.41) is 2.92. The Morgan fingerprint density at radius 3 is 1.68 bits per heavy atom. The van der Waals surface area contributed by atoms with E-state index in [0.717, 1.165) is 36.8 Å². The molecule has 60 heavy (non-hydrogen) atoms. The Kier molecular flexibility index (Phi) is 13.8. The van der Waals surface area contributed by atoms with E-state index in [9.17, 15) is 0 Å². The number of para-hydroxylation sites is 1. The van der Waals surface area contributed by atoms with E-state index in [-0.39, 0.29) is 0 Å². The Hall–Kier alpha value is -3.86. The third-order valence-electron chi connectivity index (χ3n) is 12.2. The van der Waals surface area contributed by atoms with E-state index in [1.807, 2.05) is 6.26 Å². The molecule has 4 nitrogen and oxygen atoms in total. The van der Waals surface area contributed by atoms with Gasteiger partial charge in [-0.2, -0.15) is 0 Å². The maximum absolute atomic E-state index is 6.98. The summed E-state index contributed by atoms with van der Waals surface area (Å²) >= 11 is 0. The summed E-state index contributed by atoms with van der Waals surface area (Å²) in [4.78, 5) is 0. The predicted octanol–water partition coefficient (Wildman–Crippen LogP) is 14.2. The van der Waals surface area contributed by atoms with Crippen LogP contribution in [0.3, 0.4) is 0 Å². The highest BCUT2D eigenvalue weighted by atomic mass is 31.2.